The summed E-state index contributed by atoms with van der Waals surface area (Å²) >= 11 is 1.06. The summed E-state index contributed by atoms with van der Waals surface area (Å²) in [6.07, 6.45) is 0. The number of para-hydroxylation sites is 1. The van der Waals surface area contributed by atoms with Gasteiger partial charge in [-0.15, -0.1) is 11.3 Å². The number of nitrogens with one attached hydrogen (secondary N) is 3. The number of aryl methyl sites for hydroxylation is 1. The summed E-state index contributed by atoms with van der Waals surface area (Å²) in [4.78, 5) is 28.6. The van der Waals surface area contributed by atoms with Gasteiger partial charge in [0, 0.05) is 5.69 Å². The van der Waals surface area contributed by atoms with E-state index in [0.717, 1.165) is 11.3 Å². The van der Waals surface area contributed by atoms with E-state index in [9.17, 15) is 18.0 Å². The van der Waals surface area contributed by atoms with Crippen LogP contribution in [0, 0.1) is 6.92 Å². The number of hydrazine groups is 1. The number of carbonyl (C=O) groups is 2. The zero-order valence-corrected chi connectivity index (χ0v) is 16.3. The normalized spacial score (nSPS) is 10.9. The second kappa shape index (κ2) is 8.19. The largest absolute Gasteiger partial charge is 0.288 e. The number of anilines is 1. The molecule has 0 bridgehead atoms. The highest BCUT2D eigenvalue weighted by Gasteiger charge is 2.19. The number of carbonyl (C=O) groups excluding carboxylic acids is 2. The van der Waals surface area contributed by atoms with E-state index in [1.807, 2.05) is 0 Å². The van der Waals surface area contributed by atoms with Gasteiger partial charge in [0.2, 0.25) is 0 Å². The molecule has 0 saturated heterocycles. The molecule has 1 aromatic carbocycles. The zero-order chi connectivity index (χ0) is 20.1. The molecular formula is C18H16N4O4S2. The third-order valence-electron chi connectivity index (χ3n) is 3.59. The quantitative estimate of drug-likeness (QED) is 0.552. The minimum Gasteiger partial charge on any atom is -0.278 e. The van der Waals surface area contributed by atoms with Crippen LogP contribution >= 0.6 is 11.3 Å². The SMILES string of the molecule is Cc1cccc(C(=O)NNC(=O)c2ccccc2NS(=O)(=O)c2cccs2)n1. The number of thiophene rings is 1. The highest BCUT2D eigenvalue weighted by molar-refractivity contribution is 7.94. The minimum atomic E-state index is -3.81. The van der Waals surface area contributed by atoms with Gasteiger partial charge < -0.3 is 0 Å². The van der Waals surface area contributed by atoms with Crippen molar-refractivity contribution in [2.45, 2.75) is 11.1 Å². The maximum atomic E-state index is 12.5. The Morgan fingerprint density at radius 2 is 1.68 bits per heavy atom. The molecule has 2 aromatic heterocycles. The Morgan fingerprint density at radius 1 is 0.929 bits per heavy atom. The number of hydrogen-bond acceptors (Lipinski definition) is 6. The van der Waals surface area contributed by atoms with Crippen LogP contribution in [-0.4, -0.2) is 25.2 Å². The van der Waals surface area contributed by atoms with E-state index < -0.39 is 21.8 Å². The van der Waals surface area contributed by atoms with Gasteiger partial charge in [0.15, 0.2) is 0 Å². The molecule has 3 N–H and O–H groups in total. The lowest BCUT2D eigenvalue weighted by molar-refractivity contribution is 0.0844. The first-order valence-corrected chi connectivity index (χ1v) is 10.4. The van der Waals surface area contributed by atoms with Crippen LogP contribution in [0.2, 0.25) is 0 Å². The molecule has 28 heavy (non-hydrogen) atoms. The van der Waals surface area contributed by atoms with Gasteiger partial charge in [-0.3, -0.25) is 25.2 Å². The van der Waals surface area contributed by atoms with E-state index in [-0.39, 0.29) is 21.2 Å². The average molecular weight is 416 g/mol. The van der Waals surface area contributed by atoms with Crippen molar-refractivity contribution in [1.82, 2.24) is 15.8 Å². The number of nitrogens with zero attached hydrogens (tertiary/aromatic N) is 1. The fourth-order valence-corrected chi connectivity index (χ4v) is 4.37. The van der Waals surface area contributed by atoms with Crippen LogP contribution in [-0.2, 0) is 10.0 Å². The summed E-state index contributed by atoms with van der Waals surface area (Å²) in [5, 5.41) is 1.64. The Labute approximate surface area is 165 Å². The smallest absolute Gasteiger partial charge is 0.278 e. The van der Waals surface area contributed by atoms with Crippen LogP contribution in [0.3, 0.4) is 0 Å². The number of sulfonamides is 1. The number of amides is 2. The third kappa shape index (κ3) is 4.53. The van der Waals surface area contributed by atoms with Gasteiger partial charge in [-0.2, -0.15) is 0 Å². The standard InChI is InChI=1S/C18H16N4O4S2/c1-12-6-4-9-15(19-12)18(24)21-20-17(23)13-7-2-3-8-14(13)22-28(25,26)16-10-5-11-27-16/h2-11,22H,1H3,(H,20,23)(H,21,24). The van der Waals surface area contributed by atoms with Crippen molar-refractivity contribution in [2.75, 3.05) is 4.72 Å². The van der Waals surface area contributed by atoms with E-state index in [2.05, 4.69) is 20.6 Å². The summed E-state index contributed by atoms with van der Waals surface area (Å²) in [5.74, 6) is -1.26. The summed E-state index contributed by atoms with van der Waals surface area (Å²) in [7, 11) is -3.81. The van der Waals surface area contributed by atoms with Crippen LogP contribution in [0.25, 0.3) is 0 Å². The second-order valence-corrected chi connectivity index (χ2v) is 8.51. The Hall–Kier alpha value is -3.24. The van der Waals surface area contributed by atoms with Crippen molar-refractivity contribution in [3.63, 3.8) is 0 Å². The molecule has 0 unspecified atom stereocenters. The molecule has 144 valence electrons. The fraction of sp³-hybridized carbons (Fsp3) is 0.0556. The maximum Gasteiger partial charge on any atom is 0.288 e. The Kier molecular flexibility index (Phi) is 5.71. The van der Waals surface area contributed by atoms with E-state index >= 15 is 0 Å². The monoisotopic (exact) mass is 416 g/mol. The number of aromatic nitrogens is 1. The summed E-state index contributed by atoms with van der Waals surface area (Å²) in [5.41, 5.74) is 5.49. The highest BCUT2D eigenvalue weighted by Crippen LogP contribution is 2.22. The first-order valence-electron chi connectivity index (χ1n) is 8.06. The van der Waals surface area contributed by atoms with E-state index in [4.69, 9.17) is 0 Å². The predicted molar refractivity (Wildman–Crippen MR) is 105 cm³/mol. The number of benzene rings is 1. The zero-order valence-electron chi connectivity index (χ0n) is 14.7. The fourth-order valence-electron chi connectivity index (χ4n) is 2.30. The van der Waals surface area contributed by atoms with Crippen molar-refractivity contribution < 1.29 is 18.0 Å². The predicted octanol–water partition coefficient (Wildman–Crippen LogP) is 2.33. The lowest BCUT2D eigenvalue weighted by Gasteiger charge is -2.12. The van der Waals surface area contributed by atoms with Gasteiger partial charge in [-0.1, -0.05) is 24.3 Å². The van der Waals surface area contributed by atoms with Crippen LogP contribution in [0.5, 0.6) is 0 Å². The maximum absolute atomic E-state index is 12.5. The molecule has 0 atom stereocenters. The molecule has 3 rings (SSSR count). The van der Waals surface area contributed by atoms with E-state index in [1.165, 1.54) is 24.3 Å². The Bertz CT molecular complexity index is 1110. The van der Waals surface area contributed by atoms with Gasteiger partial charge in [-0.25, -0.2) is 13.4 Å². The van der Waals surface area contributed by atoms with Crippen LogP contribution in [0.1, 0.15) is 26.5 Å². The van der Waals surface area contributed by atoms with Crippen molar-refractivity contribution in [3.05, 3.63) is 76.9 Å². The van der Waals surface area contributed by atoms with E-state index in [0.29, 0.717) is 5.69 Å². The molecule has 8 nitrogen and oxygen atoms in total. The molecule has 2 amide bonds. The number of rotatable bonds is 5. The first kappa shape index (κ1) is 19.5. The molecule has 0 radical (unpaired) electrons. The van der Waals surface area contributed by atoms with Gasteiger partial charge >= 0.3 is 0 Å². The van der Waals surface area contributed by atoms with Gasteiger partial charge in [-0.05, 0) is 42.6 Å². The lowest BCUT2D eigenvalue weighted by atomic mass is 10.2. The topological polar surface area (TPSA) is 117 Å². The third-order valence-corrected chi connectivity index (χ3v) is 6.35. The van der Waals surface area contributed by atoms with Crippen molar-refractivity contribution in [3.8, 4) is 0 Å². The molecule has 0 aliphatic heterocycles. The van der Waals surface area contributed by atoms with Crippen LogP contribution in [0.15, 0.2) is 64.2 Å². The van der Waals surface area contributed by atoms with Crippen molar-refractivity contribution in [2.24, 2.45) is 0 Å². The first-order chi connectivity index (χ1) is 13.4. The van der Waals surface area contributed by atoms with Crippen LogP contribution < -0.4 is 15.6 Å². The second-order valence-electron chi connectivity index (χ2n) is 5.66. The summed E-state index contributed by atoms with van der Waals surface area (Å²) in [6, 6.07) is 14.1. The van der Waals surface area contributed by atoms with Crippen molar-refractivity contribution in [1.29, 1.82) is 0 Å². The Morgan fingerprint density at radius 3 is 2.39 bits per heavy atom. The molecule has 0 fully saturated rings. The molecule has 10 heteroatoms. The number of hydrogen-bond donors (Lipinski definition) is 3. The molecule has 0 saturated carbocycles. The van der Waals surface area contributed by atoms with E-state index in [1.54, 1.807) is 42.6 Å². The van der Waals surface area contributed by atoms with Gasteiger partial charge in [0.25, 0.3) is 21.8 Å². The summed E-state index contributed by atoms with van der Waals surface area (Å²) < 4.78 is 27.3. The van der Waals surface area contributed by atoms with Crippen molar-refractivity contribution >= 4 is 38.9 Å². The van der Waals surface area contributed by atoms with Gasteiger partial charge in [0.05, 0.1) is 11.3 Å². The molecule has 3 aromatic rings. The molecule has 0 aliphatic rings. The summed E-state index contributed by atoms with van der Waals surface area (Å²) in [6.45, 7) is 1.74. The molecule has 0 aliphatic carbocycles. The highest BCUT2D eigenvalue weighted by atomic mass is 32.2. The molecule has 0 spiro atoms. The average Bonchev–Trinajstić information content (AvgIpc) is 3.22. The minimum absolute atomic E-state index is 0.0557. The number of pyridine rings is 1. The molecule has 2 heterocycles. The van der Waals surface area contributed by atoms with Gasteiger partial charge in [0.1, 0.15) is 9.90 Å². The molecular weight excluding hydrogens is 400 g/mol. The lowest BCUT2D eigenvalue weighted by Crippen LogP contribution is -2.42. The Balaban J connectivity index is 1.73. The van der Waals surface area contributed by atoms with Crippen LogP contribution in [0.4, 0.5) is 5.69 Å².